The monoisotopic (exact) mass is 402 g/mol. The molecule has 148 valence electrons. The molecule has 0 fully saturated rings. The molecule has 6 nitrogen and oxygen atoms in total. The molecule has 0 spiro atoms. The lowest BCUT2D eigenvalue weighted by atomic mass is 10.0. The van der Waals surface area contributed by atoms with Gasteiger partial charge in [0.05, 0.1) is 11.3 Å². The van der Waals surface area contributed by atoms with Crippen LogP contribution >= 0.6 is 0 Å². The highest BCUT2D eigenvalue weighted by atomic mass is 19.1. The van der Waals surface area contributed by atoms with Crippen molar-refractivity contribution in [1.29, 1.82) is 0 Å². The molecular weight excluding hydrogens is 387 g/mol. The van der Waals surface area contributed by atoms with Gasteiger partial charge in [0.1, 0.15) is 11.5 Å². The summed E-state index contributed by atoms with van der Waals surface area (Å²) in [5.74, 6) is -0.265. The molecule has 0 unspecified atom stereocenters. The molecule has 0 atom stereocenters. The minimum atomic E-state index is -0.497. The van der Waals surface area contributed by atoms with Gasteiger partial charge in [0.2, 0.25) is 6.79 Å². The molecule has 3 aromatic carbocycles. The first-order chi connectivity index (χ1) is 14.6. The normalized spacial score (nSPS) is 15.2. The van der Waals surface area contributed by atoms with E-state index in [1.807, 2.05) is 0 Å². The quantitative estimate of drug-likeness (QED) is 0.670. The number of nitrogens with zero attached hydrogens (tertiary/aromatic N) is 1. The van der Waals surface area contributed by atoms with E-state index in [2.05, 4.69) is 5.32 Å². The van der Waals surface area contributed by atoms with Crippen LogP contribution in [0.1, 0.15) is 5.56 Å². The number of hydrogen-bond acceptors (Lipinski definition) is 5. The van der Waals surface area contributed by atoms with Gasteiger partial charge >= 0.3 is 0 Å². The first-order valence-corrected chi connectivity index (χ1v) is 9.22. The van der Waals surface area contributed by atoms with Crippen molar-refractivity contribution in [2.75, 3.05) is 17.0 Å². The summed E-state index contributed by atoms with van der Waals surface area (Å²) in [6.07, 6.45) is 0. The van der Waals surface area contributed by atoms with Gasteiger partial charge in [0, 0.05) is 11.8 Å². The van der Waals surface area contributed by atoms with Crippen LogP contribution in [0.3, 0.4) is 0 Å². The Hall–Kier alpha value is -4.13. The SMILES string of the molecule is O=C1C(Nc2ccc3c(c2)OCO3)=C(c2ccc(F)cc2)C(=O)N1c1ccccc1. The predicted octanol–water partition coefficient (Wildman–Crippen LogP) is 3.95. The van der Waals surface area contributed by atoms with E-state index in [-0.39, 0.29) is 18.1 Å². The Morgan fingerprint density at radius 1 is 0.833 bits per heavy atom. The van der Waals surface area contributed by atoms with Gasteiger partial charge < -0.3 is 14.8 Å². The number of para-hydroxylation sites is 1. The Morgan fingerprint density at radius 2 is 1.57 bits per heavy atom. The molecule has 0 bridgehead atoms. The van der Waals surface area contributed by atoms with Crippen LogP contribution in [0.15, 0.2) is 78.5 Å². The summed E-state index contributed by atoms with van der Waals surface area (Å²) >= 11 is 0. The summed E-state index contributed by atoms with van der Waals surface area (Å²) in [4.78, 5) is 27.6. The van der Waals surface area contributed by atoms with Gasteiger partial charge in [0.25, 0.3) is 11.8 Å². The number of benzene rings is 3. The van der Waals surface area contributed by atoms with Crippen LogP contribution in [0.25, 0.3) is 5.57 Å². The van der Waals surface area contributed by atoms with E-state index in [9.17, 15) is 14.0 Å². The first kappa shape index (κ1) is 17.9. The Balaban J connectivity index is 1.59. The third kappa shape index (κ3) is 2.97. The fraction of sp³-hybridized carbons (Fsp3) is 0.0435. The second-order valence-electron chi connectivity index (χ2n) is 6.73. The second-order valence-corrected chi connectivity index (χ2v) is 6.73. The maximum Gasteiger partial charge on any atom is 0.282 e. The van der Waals surface area contributed by atoms with E-state index < -0.39 is 17.6 Å². The Kier molecular flexibility index (Phi) is 4.21. The van der Waals surface area contributed by atoms with E-state index in [1.54, 1.807) is 48.5 Å². The molecule has 0 saturated carbocycles. The fourth-order valence-electron chi connectivity index (χ4n) is 3.46. The number of amides is 2. The van der Waals surface area contributed by atoms with Crippen molar-refractivity contribution in [2.45, 2.75) is 0 Å². The molecule has 5 rings (SSSR count). The van der Waals surface area contributed by atoms with Crippen molar-refractivity contribution in [3.63, 3.8) is 0 Å². The number of fused-ring (bicyclic) bond motifs is 1. The maximum atomic E-state index is 13.4. The predicted molar refractivity (Wildman–Crippen MR) is 108 cm³/mol. The van der Waals surface area contributed by atoms with E-state index in [1.165, 1.54) is 24.3 Å². The van der Waals surface area contributed by atoms with E-state index >= 15 is 0 Å². The van der Waals surface area contributed by atoms with Crippen LogP contribution in [0.5, 0.6) is 11.5 Å². The number of rotatable bonds is 4. The van der Waals surface area contributed by atoms with E-state index in [0.29, 0.717) is 28.4 Å². The highest BCUT2D eigenvalue weighted by molar-refractivity contribution is 6.46. The number of imide groups is 1. The minimum absolute atomic E-state index is 0.106. The van der Waals surface area contributed by atoms with Crippen molar-refractivity contribution >= 4 is 28.8 Å². The molecule has 3 aromatic rings. The summed E-state index contributed by atoms with van der Waals surface area (Å²) < 4.78 is 24.1. The van der Waals surface area contributed by atoms with Crippen molar-refractivity contribution in [1.82, 2.24) is 0 Å². The summed E-state index contributed by atoms with van der Waals surface area (Å²) in [6.45, 7) is 0.127. The third-order valence-electron chi connectivity index (χ3n) is 4.87. The lowest BCUT2D eigenvalue weighted by Gasteiger charge is -2.15. The molecule has 0 radical (unpaired) electrons. The van der Waals surface area contributed by atoms with Gasteiger partial charge in [-0.05, 0) is 42.0 Å². The number of halogens is 1. The van der Waals surface area contributed by atoms with Crippen molar-refractivity contribution < 1.29 is 23.5 Å². The van der Waals surface area contributed by atoms with Gasteiger partial charge in [-0.15, -0.1) is 0 Å². The van der Waals surface area contributed by atoms with Crippen molar-refractivity contribution in [3.05, 3.63) is 89.9 Å². The van der Waals surface area contributed by atoms with E-state index in [0.717, 1.165) is 4.90 Å². The van der Waals surface area contributed by atoms with Gasteiger partial charge in [-0.1, -0.05) is 30.3 Å². The zero-order valence-electron chi connectivity index (χ0n) is 15.6. The van der Waals surface area contributed by atoms with Gasteiger partial charge in [-0.25, -0.2) is 9.29 Å². The summed E-state index contributed by atoms with van der Waals surface area (Å²) in [6, 6.07) is 19.3. The molecule has 2 amide bonds. The number of ether oxygens (including phenoxy) is 2. The number of nitrogens with one attached hydrogen (secondary N) is 1. The zero-order valence-corrected chi connectivity index (χ0v) is 15.6. The molecule has 30 heavy (non-hydrogen) atoms. The third-order valence-corrected chi connectivity index (χ3v) is 4.87. The van der Waals surface area contributed by atoms with Crippen LogP contribution in [0.4, 0.5) is 15.8 Å². The largest absolute Gasteiger partial charge is 0.454 e. The van der Waals surface area contributed by atoms with E-state index in [4.69, 9.17) is 9.47 Å². The molecule has 2 aliphatic rings. The highest BCUT2D eigenvalue weighted by Crippen LogP contribution is 2.37. The maximum absolute atomic E-state index is 13.4. The van der Waals surface area contributed by atoms with Crippen LogP contribution in [0, 0.1) is 5.82 Å². The topological polar surface area (TPSA) is 67.9 Å². The summed E-state index contributed by atoms with van der Waals surface area (Å²) in [7, 11) is 0. The molecule has 0 saturated heterocycles. The zero-order chi connectivity index (χ0) is 20.7. The molecule has 0 aromatic heterocycles. The summed E-state index contributed by atoms with van der Waals surface area (Å²) in [5, 5.41) is 3.05. The number of anilines is 2. The molecule has 7 heteroatoms. The number of carbonyl (C=O) groups excluding carboxylic acids is 2. The molecule has 0 aliphatic carbocycles. The lowest BCUT2D eigenvalue weighted by Crippen LogP contribution is -2.32. The smallest absolute Gasteiger partial charge is 0.282 e. The average molecular weight is 402 g/mol. The molecular formula is C23H15FN2O4. The lowest BCUT2D eigenvalue weighted by molar-refractivity contribution is -0.120. The number of carbonyl (C=O) groups is 2. The Morgan fingerprint density at radius 3 is 2.33 bits per heavy atom. The van der Waals surface area contributed by atoms with Crippen LogP contribution in [-0.4, -0.2) is 18.6 Å². The molecule has 1 N–H and O–H groups in total. The van der Waals surface area contributed by atoms with Crippen molar-refractivity contribution in [3.8, 4) is 11.5 Å². The number of hydrogen-bond donors (Lipinski definition) is 1. The van der Waals surface area contributed by atoms with Crippen LogP contribution < -0.4 is 19.7 Å². The average Bonchev–Trinajstić information content (AvgIpc) is 3.32. The van der Waals surface area contributed by atoms with Crippen LogP contribution in [0.2, 0.25) is 0 Å². The second kappa shape index (κ2) is 7.04. The summed E-state index contributed by atoms with van der Waals surface area (Å²) in [5.41, 5.74) is 1.73. The Labute approximate surface area is 171 Å². The van der Waals surface area contributed by atoms with Gasteiger partial charge in [-0.2, -0.15) is 0 Å². The van der Waals surface area contributed by atoms with Crippen LogP contribution in [-0.2, 0) is 9.59 Å². The van der Waals surface area contributed by atoms with Gasteiger partial charge in [0.15, 0.2) is 11.5 Å². The van der Waals surface area contributed by atoms with Gasteiger partial charge in [-0.3, -0.25) is 9.59 Å². The molecule has 2 heterocycles. The van der Waals surface area contributed by atoms with Crippen molar-refractivity contribution in [2.24, 2.45) is 0 Å². The fourth-order valence-corrected chi connectivity index (χ4v) is 3.46. The standard InChI is InChI=1S/C23H15FN2O4/c24-15-8-6-14(7-9-15)20-21(25-16-10-11-18-19(12-16)30-13-29-18)23(28)26(22(20)27)17-4-2-1-3-5-17/h1-12,25H,13H2. The Bertz CT molecular complexity index is 1190. The highest BCUT2D eigenvalue weighted by Gasteiger charge is 2.40. The molecule has 2 aliphatic heterocycles. The minimum Gasteiger partial charge on any atom is -0.454 e. The first-order valence-electron chi connectivity index (χ1n) is 9.22.